The molecule has 0 radical (unpaired) electrons. The fourth-order valence-electron chi connectivity index (χ4n) is 2.50. The summed E-state index contributed by atoms with van der Waals surface area (Å²) in [6.45, 7) is 8.64. The molecule has 114 valence electrons. The van der Waals surface area contributed by atoms with E-state index in [2.05, 4.69) is 42.7 Å². The second-order valence-electron chi connectivity index (χ2n) is 5.54. The van der Waals surface area contributed by atoms with Crippen LogP contribution < -0.4 is 0 Å². The normalized spacial score (nSPS) is 22.9. The Hall–Kier alpha value is 0.580. The van der Waals surface area contributed by atoms with Crippen molar-refractivity contribution < 1.29 is 4.74 Å². The molecule has 0 aliphatic carbocycles. The van der Waals surface area contributed by atoms with Crippen molar-refractivity contribution in [3.05, 3.63) is 0 Å². The Balaban J connectivity index is 2.15. The number of thioether (sulfide) groups is 1. The molecule has 0 spiro atoms. The maximum absolute atomic E-state index is 5.88. The van der Waals surface area contributed by atoms with Crippen molar-refractivity contribution in [3.63, 3.8) is 0 Å². The van der Waals surface area contributed by atoms with Gasteiger partial charge in [-0.1, -0.05) is 6.92 Å². The lowest BCUT2D eigenvalue weighted by atomic mass is 10.2. The SMILES string of the molecule is CSCCCN1CCO[C@H](CCN(C)CC(C)S)C1. The number of nitrogens with zero attached hydrogens (tertiary/aromatic N) is 2. The molecule has 0 bridgehead atoms. The third-order valence-electron chi connectivity index (χ3n) is 3.45. The Labute approximate surface area is 128 Å². The molecule has 1 saturated heterocycles. The van der Waals surface area contributed by atoms with Gasteiger partial charge in [0.1, 0.15) is 0 Å². The van der Waals surface area contributed by atoms with E-state index in [1.165, 1.54) is 18.7 Å². The van der Waals surface area contributed by atoms with E-state index < -0.39 is 0 Å². The molecule has 0 amide bonds. The fourth-order valence-corrected chi connectivity index (χ4v) is 3.19. The van der Waals surface area contributed by atoms with Gasteiger partial charge in [0, 0.05) is 31.4 Å². The van der Waals surface area contributed by atoms with Crippen molar-refractivity contribution >= 4 is 24.4 Å². The Bertz CT molecular complexity index is 229. The molecule has 0 aromatic carbocycles. The Morgan fingerprint density at radius 1 is 1.53 bits per heavy atom. The highest BCUT2D eigenvalue weighted by molar-refractivity contribution is 7.98. The van der Waals surface area contributed by atoms with E-state index in [0.29, 0.717) is 11.4 Å². The second-order valence-corrected chi connectivity index (χ2v) is 7.41. The van der Waals surface area contributed by atoms with Crippen molar-refractivity contribution in [2.45, 2.75) is 31.1 Å². The van der Waals surface area contributed by atoms with Gasteiger partial charge in [0.25, 0.3) is 0 Å². The molecule has 0 aromatic rings. The van der Waals surface area contributed by atoms with Crippen LogP contribution in [0.15, 0.2) is 0 Å². The number of hydrogen-bond acceptors (Lipinski definition) is 5. The molecule has 0 saturated carbocycles. The van der Waals surface area contributed by atoms with Crippen molar-refractivity contribution in [2.24, 2.45) is 0 Å². The summed E-state index contributed by atoms with van der Waals surface area (Å²) in [6, 6.07) is 0. The van der Waals surface area contributed by atoms with Crippen molar-refractivity contribution in [3.8, 4) is 0 Å². The van der Waals surface area contributed by atoms with Gasteiger partial charge in [-0.05, 0) is 38.4 Å². The molecule has 1 unspecified atom stereocenters. The van der Waals surface area contributed by atoms with Gasteiger partial charge in [-0.15, -0.1) is 0 Å². The molecule has 0 aromatic heterocycles. The molecule has 1 rings (SSSR count). The third-order valence-corrected chi connectivity index (χ3v) is 4.31. The first kappa shape index (κ1) is 17.6. The summed E-state index contributed by atoms with van der Waals surface area (Å²) in [6.07, 6.45) is 5.03. The van der Waals surface area contributed by atoms with Gasteiger partial charge in [0.05, 0.1) is 12.7 Å². The van der Waals surface area contributed by atoms with Gasteiger partial charge >= 0.3 is 0 Å². The van der Waals surface area contributed by atoms with Crippen LogP contribution in [0.4, 0.5) is 0 Å². The average molecular weight is 307 g/mol. The molecule has 19 heavy (non-hydrogen) atoms. The first-order valence-corrected chi connectivity index (χ1v) is 9.22. The summed E-state index contributed by atoms with van der Waals surface area (Å²) in [4.78, 5) is 4.92. The van der Waals surface area contributed by atoms with Crippen LogP contribution in [0.1, 0.15) is 19.8 Å². The van der Waals surface area contributed by atoms with Crippen LogP contribution in [0.25, 0.3) is 0 Å². The molecule has 2 atom stereocenters. The van der Waals surface area contributed by atoms with E-state index in [4.69, 9.17) is 4.74 Å². The number of morpholine rings is 1. The van der Waals surface area contributed by atoms with Crippen LogP contribution in [0.3, 0.4) is 0 Å². The van der Waals surface area contributed by atoms with E-state index >= 15 is 0 Å². The highest BCUT2D eigenvalue weighted by Crippen LogP contribution is 2.11. The zero-order chi connectivity index (χ0) is 14.1. The highest BCUT2D eigenvalue weighted by atomic mass is 32.2. The summed E-state index contributed by atoms with van der Waals surface area (Å²) in [5.41, 5.74) is 0. The quantitative estimate of drug-likeness (QED) is 0.518. The molecular weight excluding hydrogens is 276 g/mol. The van der Waals surface area contributed by atoms with Crippen LogP contribution in [-0.4, -0.2) is 79.5 Å². The summed E-state index contributed by atoms with van der Waals surface area (Å²) >= 11 is 6.38. The Morgan fingerprint density at radius 2 is 2.32 bits per heavy atom. The summed E-state index contributed by atoms with van der Waals surface area (Å²) in [5.74, 6) is 1.27. The second kappa shape index (κ2) is 10.3. The number of thiol groups is 1. The lowest BCUT2D eigenvalue weighted by Crippen LogP contribution is -2.44. The largest absolute Gasteiger partial charge is 0.376 e. The minimum Gasteiger partial charge on any atom is -0.376 e. The van der Waals surface area contributed by atoms with Gasteiger partial charge in [-0.3, -0.25) is 4.90 Å². The fraction of sp³-hybridized carbons (Fsp3) is 1.00. The van der Waals surface area contributed by atoms with Crippen LogP contribution in [0.2, 0.25) is 0 Å². The summed E-state index contributed by atoms with van der Waals surface area (Å²) in [5, 5.41) is 0.445. The Morgan fingerprint density at radius 3 is 3.00 bits per heavy atom. The van der Waals surface area contributed by atoms with E-state index in [-0.39, 0.29) is 0 Å². The van der Waals surface area contributed by atoms with Crippen LogP contribution >= 0.6 is 24.4 Å². The maximum atomic E-state index is 5.88. The molecule has 1 fully saturated rings. The van der Waals surface area contributed by atoms with Crippen LogP contribution in [0.5, 0.6) is 0 Å². The highest BCUT2D eigenvalue weighted by Gasteiger charge is 2.20. The smallest absolute Gasteiger partial charge is 0.0714 e. The minimum absolute atomic E-state index is 0.417. The lowest BCUT2D eigenvalue weighted by molar-refractivity contribution is -0.0345. The molecule has 0 N–H and O–H groups in total. The molecule has 5 heteroatoms. The number of ether oxygens (including phenoxy) is 1. The molecule has 1 aliphatic rings. The third kappa shape index (κ3) is 8.45. The van der Waals surface area contributed by atoms with Crippen LogP contribution in [-0.2, 0) is 4.74 Å². The van der Waals surface area contributed by atoms with Gasteiger partial charge in [-0.2, -0.15) is 24.4 Å². The van der Waals surface area contributed by atoms with E-state index in [1.54, 1.807) is 0 Å². The first-order chi connectivity index (χ1) is 9.11. The Kier molecular flexibility index (Phi) is 9.58. The van der Waals surface area contributed by atoms with Crippen LogP contribution in [0, 0.1) is 0 Å². The standard InChI is InChI=1S/C14H30N2OS2/c1-13(18)11-15(2)7-5-14-12-16(8-9-17-14)6-4-10-19-3/h13-14,18H,4-12H2,1-3H3/t13?,14-/m1/s1. The maximum Gasteiger partial charge on any atom is 0.0714 e. The van der Waals surface area contributed by atoms with E-state index in [9.17, 15) is 0 Å². The van der Waals surface area contributed by atoms with E-state index in [0.717, 1.165) is 39.2 Å². The zero-order valence-electron chi connectivity index (χ0n) is 12.7. The summed E-state index contributed by atoms with van der Waals surface area (Å²) < 4.78 is 5.88. The average Bonchev–Trinajstić information content (AvgIpc) is 2.36. The topological polar surface area (TPSA) is 15.7 Å². The van der Waals surface area contributed by atoms with Gasteiger partial charge in [-0.25, -0.2) is 0 Å². The van der Waals surface area contributed by atoms with E-state index in [1.807, 2.05) is 11.8 Å². The van der Waals surface area contributed by atoms with Gasteiger partial charge in [0.15, 0.2) is 0 Å². The van der Waals surface area contributed by atoms with Crippen molar-refractivity contribution in [2.75, 3.05) is 58.4 Å². The predicted octanol–water partition coefficient (Wildman–Crippen LogP) is 2.08. The molecule has 1 aliphatic heterocycles. The first-order valence-electron chi connectivity index (χ1n) is 7.31. The zero-order valence-corrected chi connectivity index (χ0v) is 14.4. The number of rotatable bonds is 9. The number of hydrogen-bond donors (Lipinski definition) is 1. The molecule has 1 heterocycles. The molecule has 3 nitrogen and oxygen atoms in total. The minimum atomic E-state index is 0.417. The predicted molar refractivity (Wildman–Crippen MR) is 89.7 cm³/mol. The van der Waals surface area contributed by atoms with Crippen molar-refractivity contribution in [1.29, 1.82) is 0 Å². The van der Waals surface area contributed by atoms with Gasteiger partial charge < -0.3 is 9.64 Å². The summed E-state index contributed by atoms with van der Waals surface area (Å²) in [7, 11) is 2.17. The lowest BCUT2D eigenvalue weighted by Gasteiger charge is -2.33. The monoisotopic (exact) mass is 306 g/mol. The molecular formula is C14H30N2OS2. The van der Waals surface area contributed by atoms with Gasteiger partial charge in [0.2, 0.25) is 0 Å². The van der Waals surface area contributed by atoms with Crippen molar-refractivity contribution in [1.82, 2.24) is 9.80 Å².